The molecule has 20 heavy (non-hydrogen) atoms. The first kappa shape index (κ1) is 14.3. The molecule has 0 saturated carbocycles. The van der Waals surface area contributed by atoms with Crippen LogP contribution in [0.2, 0.25) is 0 Å². The number of carbonyl (C=O) groups is 1. The minimum Gasteiger partial charge on any atom is -0.462 e. The Morgan fingerprint density at radius 1 is 1.45 bits per heavy atom. The molecule has 1 aromatic carbocycles. The van der Waals surface area contributed by atoms with Crippen molar-refractivity contribution in [1.29, 1.82) is 0 Å². The van der Waals surface area contributed by atoms with Crippen LogP contribution >= 0.6 is 11.8 Å². The normalized spacial score (nSPS) is 10.3. The molecule has 2 rings (SSSR count). The van der Waals surface area contributed by atoms with Gasteiger partial charge in [0.15, 0.2) is 0 Å². The third-order valence-electron chi connectivity index (χ3n) is 2.46. The summed E-state index contributed by atoms with van der Waals surface area (Å²) >= 11 is 1.12. The quantitative estimate of drug-likeness (QED) is 0.877. The summed E-state index contributed by atoms with van der Waals surface area (Å²) in [5.74, 6) is -0.850. The number of ether oxygens (including phenoxy) is 1. The van der Waals surface area contributed by atoms with E-state index in [9.17, 15) is 9.18 Å². The molecule has 0 spiro atoms. The standard InChI is InChI=1S/C14H13FN2O2S/c1-2-19-14(18)9-7-13(17-8-11(9)16)20-12-6-4-3-5-10(12)15/h3-8H,2,16H2,1H3. The van der Waals surface area contributed by atoms with Crippen LogP contribution in [0.1, 0.15) is 17.3 Å². The molecule has 0 fully saturated rings. The molecule has 0 aliphatic heterocycles. The molecule has 1 aromatic heterocycles. The average molecular weight is 292 g/mol. The fraction of sp³-hybridized carbons (Fsp3) is 0.143. The monoisotopic (exact) mass is 292 g/mol. The molecule has 0 unspecified atom stereocenters. The van der Waals surface area contributed by atoms with E-state index in [0.717, 1.165) is 11.8 Å². The highest BCUT2D eigenvalue weighted by molar-refractivity contribution is 7.99. The predicted molar refractivity (Wildman–Crippen MR) is 75.1 cm³/mol. The Morgan fingerprint density at radius 2 is 2.20 bits per heavy atom. The van der Waals surface area contributed by atoms with Crippen molar-refractivity contribution in [2.75, 3.05) is 12.3 Å². The maximum Gasteiger partial charge on any atom is 0.340 e. The Labute approximate surface area is 120 Å². The highest BCUT2D eigenvalue weighted by atomic mass is 32.2. The number of pyridine rings is 1. The summed E-state index contributed by atoms with van der Waals surface area (Å²) in [5, 5.41) is 0.479. The first-order valence-electron chi connectivity index (χ1n) is 5.97. The van der Waals surface area contributed by atoms with Gasteiger partial charge in [-0.05, 0) is 25.1 Å². The fourth-order valence-electron chi connectivity index (χ4n) is 1.53. The molecule has 0 aliphatic rings. The van der Waals surface area contributed by atoms with Crippen molar-refractivity contribution in [1.82, 2.24) is 4.98 Å². The van der Waals surface area contributed by atoms with Crippen molar-refractivity contribution in [3.05, 3.63) is 47.9 Å². The summed E-state index contributed by atoms with van der Waals surface area (Å²) in [6.45, 7) is 1.97. The van der Waals surface area contributed by atoms with E-state index in [-0.39, 0.29) is 23.7 Å². The molecule has 104 valence electrons. The van der Waals surface area contributed by atoms with Gasteiger partial charge in [-0.3, -0.25) is 0 Å². The third kappa shape index (κ3) is 3.27. The number of hydrogen-bond acceptors (Lipinski definition) is 5. The number of nitrogens with zero attached hydrogens (tertiary/aromatic N) is 1. The van der Waals surface area contributed by atoms with E-state index in [0.29, 0.717) is 9.92 Å². The summed E-state index contributed by atoms with van der Waals surface area (Å²) in [4.78, 5) is 16.2. The Balaban J connectivity index is 2.28. The van der Waals surface area contributed by atoms with Gasteiger partial charge in [0.2, 0.25) is 0 Å². The van der Waals surface area contributed by atoms with Crippen molar-refractivity contribution in [2.45, 2.75) is 16.8 Å². The number of aromatic nitrogens is 1. The third-order valence-corrected chi connectivity index (χ3v) is 3.44. The zero-order valence-electron chi connectivity index (χ0n) is 10.8. The van der Waals surface area contributed by atoms with Crippen LogP contribution in [0.4, 0.5) is 10.1 Å². The maximum absolute atomic E-state index is 13.6. The lowest BCUT2D eigenvalue weighted by Gasteiger charge is -2.07. The van der Waals surface area contributed by atoms with Crippen molar-refractivity contribution in [3.8, 4) is 0 Å². The number of anilines is 1. The topological polar surface area (TPSA) is 65.2 Å². The van der Waals surface area contributed by atoms with E-state index >= 15 is 0 Å². The van der Waals surface area contributed by atoms with E-state index in [1.807, 2.05) is 0 Å². The molecule has 0 saturated heterocycles. The number of hydrogen-bond donors (Lipinski definition) is 1. The lowest BCUT2D eigenvalue weighted by molar-refractivity contribution is 0.0527. The molecule has 0 bridgehead atoms. The summed E-state index contributed by atoms with van der Waals surface area (Å²) in [5.41, 5.74) is 6.17. The summed E-state index contributed by atoms with van der Waals surface area (Å²) in [6, 6.07) is 7.85. The molecule has 0 radical (unpaired) electrons. The largest absolute Gasteiger partial charge is 0.462 e. The van der Waals surface area contributed by atoms with Gasteiger partial charge in [0, 0.05) is 4.90 Å². The van der Waals surface area contributed by atoms with Crippen LogP contribution in [0.15, 0.2) is 46.5 Å². The molecule has 1 heterocycles. The highest BCUT2D eigenvalue weighted by Crippen LogP contribution is 2.29. The minimum absolute atomic E-state index is 0.237. The molecular weight excluding hydrogens is 279 g/mol. The number of halogens is 1. The van der Waals surface area contributed by atoms with Gasteiger partial charge in [-0.1, -0.05) is 23.9 Å². The second-order valence-corrected chi connectivity index (χ2v) is 4.92. The Kier molecular flexibility index (Phi) is 4.57. The molecule has 4 nitrogen and oxygen atoms in total. The number of nitrogens with two attached hydrogens (primary N) is 1. The van der Waals surface area contributed by atoms with E-state index in [2.05, 4.69) is 4.98 Å². The van der Waals surface area contributed by atoms with Crippen LogP contribution < -0.4 is 5.73 Å². The number of benzene rings is 1. The lowest BCUT2D eigenvalue weighted by atomic mass is 10.2. The van der Waals surface area contributed by atoms with Crippen LogP contribution in [-0.2, 0) is 4.74 Å². The highest BCUT2D eigenvalue weighted by Gasteiger charge is 2.13. The van der Waals surface area contributed by atoms with E-state index in [1.165, 1.54) is 18.3 Å². The van der Waals surface area contributed by atoms with Gasteiger partial charge in [0.1, 0.15) is 10.8 Å². The van der Waals surface area contributed by atoms with Gasteiger partial charge in [-0.25, -0.2) is 14.2 Å². The zero-order chi connectivity index (χ0) is 14.5. The number of rotatable bonds is 4. The number of nitrogen functional groups attached to an aromatic ring is 1. The van der Waals surface area contributed by atoms with Crippen LogP contribution in [0.3, 0.4) is 0 Å². The average Bonchev–Trinajstić information content (AvgIpc) is 2.43. The van der Waals surface area contributed by atoms with Gasteiger partial charge in [0.05, 0.1) is 24.1 Å². The van der Waals surface area contributed by atoms with Crippen molar-refractivity contribution >= 4 is 23.4 Å². The molecular formula is C14H13FN2O2S. The van der Waals surface area contributed by atoms with Gasteiger partial charge >= 0.3 is 5.97 Å². The Morgan fingerprint density at radius 3 is 2.90 bits per heavy atom. The van der Waals surface area contributed by atoms with Crippen LogP contribution in [0.5, 0.6) is 0 Å². The fourth-order valence-corrected chi connectivity index (χ4v) is 2.35. The van der Waals surface area contributed by atoms with E-state index in [1.54, 1.807) is 25.1 Å². The zero-order valence-corrected chi connectivity index (χ0v) is 11.6. The van der Waals surface area contributed by atoms with Crippen molar-refractivity contribution < 1.29 is 13.9 Å². The number of esters is 1. The second kappa shape index (κ2) is 6.38. The molecule has 2 N–H and O–H groups in total. The summed E-state index contributed by atoms with van der Waals surface area (Å²) in [6.07, 6.45) is 1.37. The molecule has 0 atom stereocenters. The van der Waals surface area contributed by atoms with Gasteiger partial charge in [-0.2, -0.15) is 0 Å². The molecule has 0 amide bonds. The lowest BCUT2D eigenvalue weighted by Crippen LogP contribution is -2.08. The molecule has 2 aromatic rings. The van der Waals surface area contributed by atoms with Gasteiger partial charge in [-0.15, -0.1) is 0 Å². The smallest absolute Gasteiger partial charge is 0.340 e. The van der Waals surface area contributed by atoms with Gasteiger partial charge < -0.3 is 10.5 Å². The minimum atomic E-state index is -0.511. The van der Waals surface area contributed by atoms with Gasteiger partial charge in [0.25, 0.3) is 0 Å². The van der Waals surface area contributed by atoms with E-state index in [4.69, 9.17) is 10.5 Å². The molecule has 6 heteroatoms. The first-order chi connectivity index (χ1) is 9.61. The van der Waals surface area contributed by atoms with Crippen LogP contribution in [0, 0.1) is 5.82 Å². The first-order valence-corrected chi connectivity index (χ1v) is 6.78. The Bertz CT molecular complexity index is 634. The van der Waals surface area contributed by atoms with Crippen molar-refractivity contribution in [3.63, 3.8) is 0 Å². The predicted octanol–water partition coefficient (Wildman–Crippen LogP) is 3.13. The summed E-state index contributed by atoms with van der Waals surface area (Å²) < 4.78 is 18.5. The Hall–Kier alpha value is -2.08. The maximum atomic E-state index is 13.6. The van der Waals surface area contributed by atoms with E-state index < -0.39 is 5.97 Å². The van der Waals surface area contributed by atoms with Crippen molar-refractivity contribution in [2.24, 2.45) is 0 Å². The van der Waals surface area contributed by atoms with Crippen LogP contribution in [-0.4, -0.2) is 17.6 Å². The molecule has 0 aliphatic carbocycles. The van der Waals surface area contributed by atoms with Crippen LogP contribution in [0.25, 0.3) is 0 Å². The summed E-state index contributed by atoms with van der Waals surface area (Å²) in [7, 11) is 0. The SMILES string of the molecule is CCOC(=O)c1cc(Sc2ccccc2F)ncc1N. The second-order valence-electron chi connectivity index (χ2n) is 3.86. The number of carbonyl (C=O) groups excluding carboxylic acids is 1.